The highest BCUT2D eigenvalue weighted by atomic mass is 15.8. The minimum Gasteiger partial charge on any atom is -0.234 e. The van der Waals surface area contributed by atoms with Gasteiger partial charge in [-0.05, 0) is 41.5 Å². The molecule has 0 saturated carbocycles. The molecule has 86 valence electrons. The van der Waals surface area contributed by atoms with E-state index in [0.29, 0.717) is 18.1 Å². The molecule has 0 heterocycles. The average Bonchev–Trinajstić information content (AvgIpc) is 1.98. The lowest BCUT2D eigenvalue weighted by Gasteiger charge is -2.41. The Morgan fingerprint density at radius 2 is 1.21 bits per heavy atom. The predicted octanol–water partition coefficient (Wildman–Crippen LogP) is 2.01. The van der Waals surface area contributed by atoms with Crippen LogP contribution in [-0.4, -0.2) is 41.8 Å². The van der Waals surface area contributed by atoms with Crippen LogP contribution in [0.4, 0.5) is 0 Å². The minimum absolute atomic E-state index is 0.520. The summed E-state index contributed by atoms with van der Waals surface area (Å²) >= 11 is 0. The molecule has 14 heavy (non-hydrogen) atoms. The van der Waals surface area contributed by atoms with Gasteiger partial charge in [-0.15, -0.1) is 0 Å². The van der Waals surface area contributed by atoms with Crippen LogP contribution in [0.2, 0.25) is 0 Å². The van der Waals surface area contributed by atoms with Gasteiger partial charge in [0.25, 0.3) is 0 Å². The quantitative estimate of drug-likeness (QED) is 0.542. The Labute approximate surface area is 89.6 Å². The summed E-state index contributed by atoms with van der Waals surface area (Å²) in [6.45, 7) is 13.3. The fraction of sp³-hybridized carbons (Fsp3) is 1.00. The van der Waals surface area contributed by atoms with Crippen LogP contribution in [0, 0.1) is 0 Å². The summed E-state index contributed by atoms with van der Waals surface area (Å²) in [4.78, 5) is 0. The summed E-state index contributed by atoms with van der Waals surface area (Å²) in [6.07, 6.45) is 0. The zero-order valence-electron chi connectivity index (χ0n) is 11.1. The Hall–Kier alpha value is -0.120. The minimum atomic E-state index is 0.520. The molecule has 3 heteroatoms. The standard InChI is InChI=1S/C11H28N3/c1-9(2)13(10(3)4)12-14(7,8)11(5)6/h9-12H,1-8H3/q+1. The molecule has 0 aromatic carbocycles. The topological polar surface area (TPSA) is 15.3 Å². The van der Waals surface area contributed by atoms with E-state index in [0.717, 1.165) is 4.59 Å². The van der Waals surface area contributed by atoms with Gasteiger partial charge in [-0.2, -0.15) is 5.01 Å². The van der Waals surface area contributed by atoms with E-state index in [2.05, 4.69) is 66.2 Å². The zero-order chi connectivity index (χ0) is 11.5. The van der Waals surface area contributed by atoms with E-state index >= 15 is 0 Å². The molecule has 0 aliphatic heterocycles. The van der Waals surface area contributed by atoms with Gasteiger partial charge in [-0.25, -0.2) is 4.59 Å². The average molecular weight is 202 g/mol. The summed E-state index contributed by atoms with van der Waals surface area (Å²) in [6, 6.07) is 1.60. The van der Waals surface area contributed by atoms with Crippen LogP contribution in [0.3, 0.4) is 0 Å². The van der Waals surface area contributed by atoms with Crippen LogP contribution < -0.4 is 5.53 Å². The highest BCUT2D eigenvalue weighted by Gasteiger charge is 2.26. The molecule has 0 rings (SSSR count). The highest BCUT2D eigenvalue weighted by Crippen LogP contribution is 2.07. The number of nitrogens with zero attached hydrogens (tertiary/aromatic N) is 2. The van der Waals surface area contributed by atoms with Crippen LogP contribution in [0.15, 0.2) is 0 Å². The molecular formula is C11H28N3+. The number of hydrogen-bond acceptors (Lipinski definition) is 2. The van der Waals surface area contributed by atoms with E-state index < -0.39 is 0 Å². The van der Waals surface area contributed by atoms with Gasteiger partial charge >= 0.3 is 0 Å². The van der Waals surface area contributed by atoms with E-state index in [1.54, 1.807) is 0 Å². The first-order valence-electron chi connectivity index (χ1n) is 5.58. The number of hydrogen-bond donors (Lipinski definition) is 1. The van der Waals surface area contributed by atoms with Crippen molar-refractivity contribution in [3.05, 3.63) is 0 Å². The number of quaternary nitrogens is 1. The van der Waals surface area contributed by atoms with Gasteiger partial charge in [0.05, 0.1) is 14.1 Å². The lowest BCUT2D eigenvalue weighted by Crippen LogP contribution is -2.65. The number of rotatable bonds is 5. The number of nitrogens with one attached hydrogen (secondary N) is 1. The molecule has 0 unspecified atom stereocenters. The van der Waals surface area contributed by atoms with Gasteiger partial charge in [-0.3, -0.25) is 0 Å². The summed E-state index contributed by atoms with van der Waals surface area (Å²) in [5, 5.41) is 2.31. The maximum Gasteiger partial charge on any atom is 0.101 e. The van der Waals surface area contributed by atoms with Crippen LogP contribution in [-0.2, 0) is 0 Å². The maximum atomic E-state index is 3.56. The van der Waals surface area contributed by atoms with Crippen LogP contribution in [0.1, 0.15) is 41.5 Å². The maximum absolute atomic E-state index is 3.56. The SMILES string of the molecule is CC(C)N(N[N+](C)(C)C(C)C)C(C)C. The zero-order valence-corrected chi connectivity index (χ0v) is 11.1. The molecule has 0 amide bonds. The largest absolute Gasteiger partial charge is 0.234 e. The van der Waals surface area contributed by atoms with E-state index in [1.807, 2.05) is 0 Å². The molecule has 0 spiro atoms. The van der Waals surface area contributed by atoms with Crippen molar-refractivity contribution >= 4 is 0 Å². The Balaban J connectivity index is 4.44. The molecule has 0 bridgehead atoms. The summed E-state index contributed by atoms with van der Waals surface area (Å²) < 4.78 is 0.816. The fourth-order valence-corrected chi connectivity index (χ4v) is 1.24. The van der Waals surface area contributed by atoms with Crippen LogP contribution in [0.25, 0.3) is 0 Å². The first-order chi connectivity index (χ1) is 6.18. The third-order valence-electron chi connectivity index (χ3n) is 2.78. The molecule has 0 fully saturated rings. The first-order valence-corrected chi connectivity index (χ1v) is 5.58. The molecule has 0 aliphatic carbocycles. The Morgan fingerprint density at radius 3 is 1.43 bits per heavy atom. The lowest BCUT2D eigenvalue weighted by atomic mass is 10.3. The van der Waals surface area contributed by atoms with Crippen molar-refractivity contribution in [1.29, 1.82) is 0 Å². The van der Waals surface area contributed by atoms with Gasteiger partial charge in [0.1, 0.15) is 6.04 Å². The monoisotopic (exact) mass is 202 g/mol. The number of hydrazine groups is 1. The van der Waals surface area contributed by atoms with Gasteiger partial charge in [0.2, 0.25) is 0 Å². The van der Waals surface area contributed by atoms with Crippen molar-refractivity contribution in [2.45, 2.75) is 59.7 Å². The fourth-order valence-electron chi connectivity index (χ4n) is 1.24. The Bertz CT molecular complexity index is 154. The van der Waals surface area contributed by atoms with Gasteiger partial charge in [0, 0.05) is 12.1 Å². The van der Waals surface area contributed by atoms with Crippen molar-refractivity contribution in [3.8, 4) is 0 Å². The molecule has 3 nitrogen and oxygen atoms in total. The third-order valence-corrected chi connectivity index (χ3v) is 2.78. The van der Waals surface area contributed by atoms with Crippen LogP contribution in [0.5, 0.6) is 0 Å². The van der Waals surface area contributed by atoms with Crippen molar-refractivity contribution in [1.82, 2.24) is 10.5 Å². The smallest absolute Gasteiger partial charge is 0.101 e. The van der Waals surface area contributed by atoms with Crippen molar-refractivity contribution in [2.75, 3.05) is 14.1 Å². The normalized spacial score (nSPS) is 13.7. The molecule has 0 radical (unpaired) electrons. The molecule has 1 N–H and O–H groups in total. The molecular weight excluding hydrogens is 174 g/mol. The van der Waals surface area contributed by atoms with E-state index in [-0.39, 0.29) is 0 Å². The second kappa shape index (κ2) is 5.10. The van der Waals surface area contributed by atoms with Crippen molar-refractivity contribution in [2.24, 2.45) is 0 Å². The Morgan fingerprint density at radius 1 is 0.857 bits per heavy atom. The van der Waals surface area contributed by atoms with E-state index in [4.69, 9.17) is 0 Å². The summed E-state index contributed by atoms with van der Waals surface area (Å²) in [5.74, 6) is 0. The van der Waals surface area contributed by atoms with Crippen molar-refractivity contribution < 1.29 is 4.59 Å². The van der Waals surface area contributed by atoms with Gasteiger partial charge in [0.15, 0.2) is 0 Å². The third kappa shape index (κ3) is 3.95. The van der Waals surface area contributed by atoms with Crippen molar-refractivity contribution in [3.63, 3.8) is 0 Å². The van der Waals surface area contributed by atoms with E-state index in [9.17, 15) is 0 Å². The Kier molecular flexibility index (Phi) is 5.06. The lowest BCUT2D eigenvalue weighted by molar-refractivity contribution is -0.969. The molecule has 0 saturated heterocycles. The summed E-state index contributed by atoms with van der Waals surface area (Å²) in [5.41, 5.74) is 3.56. The van der Waals surface area contributed by atoms with Gasteiger partial charge in [-0.1, -0.05) is 5.53 Å². The first kappa shape index (κ1) is 13.9. The second-order valence-corrected chi connectivity index (χ2v) is 5.33. The molecule has 0 aromatic heterocycles. The second-order valence-electron chi connectivity index (χ2n) is 5.33. The highest BCUT2D eigenvalue weighted by molar-refractivity contribution is 4.59. The molecule has 0 atom stereocenters. The van der Waals surface area contributed by atoms with Crippen LogP contribution >= 0.6 is 0 Å². The molecule has 0 aromatic rings. The predicted molar refractivity (Wildman–Crippen MR) is 62.5 cm³/mol. The summed E-state index contributed by atoms with van der Waals surface area (Å²) in [7, 11) is 4.39. The van der Waals surface area contributed by atoms with E-state index in [1.165, 1.54) is 0 Å². The molecule has 0 aliphatic rings. The van der Waals surface area contributed by atoms with Gasteiger partial charge < -0.3 is 0 Å².